The summed E-state index contributed by atoms with van der Waals surface area (Å²) in [5, 5.41) is 12.8. The van der Waals surface area contributed by atoms with E-state index in [1.165, 1.54) is 13.2 Å². The molecule has 0 bridgehead atoms. The minimum absolute atomic E-state index is 0.00553. The molecule has 190 valence electrons. The molecule has 0 radical (unpaired) electrons. The zero-order valence-electron chi connectivity index (χ0n) is 20.3. The van der Waals surface area contributed by atoms with Crippen molar-refractivity contribution >= 4 is 34.5 Å². The summed E-state index contributed by atoms with van der Waals surface area (Å²) in [7, 11) is 1.43. The van der Waals surface area contributed by atoms with Crippen LogP contribution in [0.25, 0.3) is 22.2 Å². The van der Waals surface area contributed by atoms with Crippen molar-refractivity contribution in [2.75, 3.05) is 18.2 Å². The summed E-state index contributed by atoms with van der Waals surface area (Å²) in [4.78, 5) is 37.0. The van der Waals surface area contributed by atoms with Crippen molar-refractivity contribution in [3.63, 3.8) is 0 Å². The fraction of sp³-hybridized carbons (Fsp3) is 0.0714. The van der Waals surface area contributed by atoms with Gasteiger partial charge in [0.15, 0.2) is 5.95 Å². The predicted molar refractivity (Wildman–Crippen MR) is 142 cm³/mol. The first-order chi connectivity index (χ1) is 18.4. The zero-order valence-corrected chi connectivity index (χ0v) is 20.3. The van der Waals surface area contributed by atoms with Gasteiger partial charge in [0, 0.05) is 17.3 Å². The van der Waals surface area contributed by atoms with Crippen LogP contribution < -0.4 is 20.5 Å². The topological polar surface area (TPSA) is 152 Å². The van der Waals surface area contributed by atoms with Crippen molar-refractivity contribution in [3.05, 3.63) is 95.7 Å². The summed E-state index contributed by atoms with van der Waals surface area (Å²) in [6, 6.07) is 22.5. The Morgan fingerprint density at radius 2 is 1.76 bits per heavy atom. The summed E-state index contributed by atoms with van der Waals surface area (Å²) in [5.41, 5.74) is 9.03. The number of aromatic nitrogens is 3. The number of imidazole rings is 1. The predicted octanol–water partition coefficient (Wildman–Crippen LogP) is 4.75. The van der Waals surface area contributed by atoms with Gasteiger partial charge in [-0.05, 0) is 53.6 Å². The lowest BCUT2D eigenvalue weighted by molar-refractivity contribution is 0.0696. The number of hydrogen-bond donors (Lipinski definition) is 4. The van der Waals surface area contributed by atoms with Gasteiger partial charge < -0.3 is 30.6 Å². The number of nitrogens with two attached hydrogens (primary N) is 1. The Hall–Kier alpha value is -5.38. The first kappa shape index (κ1) is 24.3. The van der Waals surface area contributed by atoms with E-state index in [4.69, 9.17) is 15.2 Å². The second-order valence-electron chi connectivity index (χ2n) is 8.34. The summed E-state index contributed by atoms with van der Waals surface area (Å²) in [6.07, 6.45) is 0. The third-order valence-electron chi connectivity index (χ3n) is 5.81. The average Bonchev–Trinajstić information content (AvgIpc) is 3.31. The molecule has 0 saturated carbocycles. The number of H-pyrrole nitrogens is 1. The highest BCUT2D eigenvalue weighted by atomic mass is 16.5. The van der Waals surface area contributed by atoms with E-state index in [1.807, 2.05) is 30.3 Å². The molecule has 0 spiro atoms. The fourth-order valence-electron chi connectivity index (χ4n) is 4.01. The van der Waals surface area contributed by atoms with Crippen molar-refractivity contribution in [3.8, 4) is 22.8 Å². The highest BCUT2D eigenvalue weighted by Gasteiger charge is 2.22. The highest BCUT2D eigenvalue weighted by Crippen LogP contribution is 2.32. The number of nitrogens with one attached hydrogen (secondary N) is 2. The molecule has 0 aliphatic carbocycles. The number of rotatable bonds is 8. The number of nitrogens with zero attached hydrogens (tertiary/aromatic N) is 2. The molecule has 2 aromatic heterocycles. The number of pyridine rings is 1. The van der Waals surface area contributed by atoms with Crippen LogP contribution >= 0.6 is 0 Å². The van der Waals surface area contributed by atoms with Gasteiger partial charge in [-0.2, -0.15) is 0 Å². The summed E-state index contributed by atoms with van der Waals surface area (Å²) in [6.45, 7) is 0.281. The lowest BCUT2D eigenvalue weighted by Gasteiger charge is -2.14. The van der Waals surface area contributed by atoms with Crippen molar-refractivity contribution in [1.29, 1.82) is 0 Å². The maximum absolute atomic E-state index is 13.4. The van der Waals surface area contributed by atoms with Crippen LogP contribution in [0.3, 0.4) is 0 Å². The number of fused-ring (bicyclic) bond motifs is 1. The summed E-state index contributed by atoms with van der Waals surface area (Å²) < 4.78 is 11.0. The van der Waals surface area contributed by atoms with E-state index in [0.29, 0.717) is 33.6 Å². The van der Waals surface area contributed by atoms with E-state index < -0.39 is 11.9 Å². The van der Waals surface area contributed by atoms with Gasteiger partial charge in [0.25, 0.3) is 5.91 Å². The molecule has 38 heavy (non-hydrogen) atoms. The Bertz CT molecular complexity index is 1650. The molecular formula is C28H23N5O5. The number of carbonyl (C=O) groups excluding carboxylic acids is 1. The van der Waals surface area contributed by atoms with Crippen molar-refractivity contribution in [1.82, 2.24) is 15.0 Å². The first-order valence-electron chi connectivity index (χ1n) is 11.6. The molecule has 5 N–H and O–H groups in total. The van der Waals surface area contributed by atoms with Crippen LogP contribution in [0.4, 0.5) is 11.6 Å². The highest BCUT2D eigenvalue weighted by molar-refractivity contribution is 6.09. The molecule has 0 atom stereocenters. The molecule has 5 aromatic rings. The number of anilines is 2. The number of nitrogen functional groups attached to an aromatic ring is 1. The molecule has 2 heterocycles. The number of amides is 1. The second kappa shape index (κ2) is 10.3. The van der Waals surface area contributed by atoms with Crippen molar-refractivity contribution in [2.24, 2.45) is 0 Å². The van der Waals surface area contributed by atoms with Crippen LogP contribution in [0, 0.1) is 0 Å². The van der Waals surface area contributed by atoms with Gasteiger partial charge in [0.2, 0.25) is 5.88 Å². The number of ether oxygens (including phenoxy) is 2. The third kappa shape index (κ3) is 5.09. The van der Waals surface area contributed by atoms with Crippen LogP contribution in [-0.4, -0.2) is 39.0 Å². The fourth-order valence-corrected chi connectivity index (χ4v) is 4.01. The van der Waals surface area contributed by atoms with Gasteiger partial charge in [-0.15, -0.1) is 0 Å². The molecule has 3 aromatic carbocycles. The number of aromatic carboxylic acids is 1. The first-order valence-corrected chi connectivity index (χ1v) is 11.6. The van der Waals surface area contributed by atoms with Crippen LogP contribution in [0.1, 0.15) is 26.4 Å². The molecule has 10 nitrogen and oxygen atoms in total. The van der Waals surface area contributed by atoms with Gasteiger partial charge in [0.1, 0.15) is 18.1 Å². The SMILES string of the molecule is COc1ccc(-c2ccc(OCc3ccccc3)cc2C(=O)O)c(C(=O)Nc2ccc3nc(N)[nH]c3c2)n1. The van der Waals surface area contributed by atoms with Crippen LogP contribution in [0.2, 0.25) is 0 Å². The monoisotopic (exact) mass is 509 g/mol. The molecule has 0 saturated heterocycles. The number of aromatic amines is 1. The van der Waals surface area contributed by atoms with E-state index in [2.05, 4.69) is 20.3 Å². The number of benzene rings is 3. The van der Waals surface area contributed by atoms with Gasteiger partial charge in [-0.3, -0.25) is 4.79 Å². The maximum Gasteiger partial charge on any atom is 0.336 e. The molecular weight excluding hydrogens is 486 g/mol. The molecule has 1 amide bonds. The standard InChI is InChI=1S/C28H23N5O5/c1-37-24-12-10-20(25(33-24)26(34)30-17-7-11-22-23(13-17)32-28(29)31-22)19-9-8-18(14-21(19)27(35)36)38-15-16-5-3-2-4-6-16/h2-14H,15H2,1H3,(H,30,34)(H,35,36)(H3,29,31,32). The van der Waals surface area contributed by atoms with Crippen LogP contribution in [-0.2, 0) is 6.61 Å². The van der Waals surface area contributed by atoms with E-state index in [0.717, 1.165) is 5.56 Å². The average molecular weight is 510 g/mol. The number of methoxy groups -OCH3 is 1. The van der Waals surface area contributed by atoms with Gasteiger partial charge in [-0.1, -0.05) is 30.3 Å². The molecule has 0 aliphatic heterocycles. The normalized spacial score (nSPS) is 10.8. The Kier molecular flexibility index (Phi) is 6.60. The Morgan fingerprint density at radius 3 is 2.53 bits per heavy atom. The quantitative estimate of drug-likeness (QED) is 0.234. The van der Waals surface area contributed by atoms with Crippen LogP contribution in [0.15, 0.2) is 78.9 Å². The smallest absolute Gasteiger partial charge is 0.336 e. The van der Waals surface area contributed by atoms with Gasteiger partial charge in [-0.25, -0.2) is 14.8 Å². The Labute approximate surface area is 217 Å². The molecule has 0 unspecified atom stereocenters. The van der Waals surface area contributed by atoms with Gasteiger partial charge >= 0.3 is 5.97 Å². The van der Waals surface area contributed by atoms with E-state index in [-0.39, 0.29) is 29.7 Å². The number of hydrogen-bond acceptors (Lipinski definition) is 7. The lowest BCUT2D eigenvalue weighted by Crippen LogP contribution is -2.16. The Balaban J connectivity index is 1.48. The third-order valence-corrected chi connectivity index (χ3v) is 5.81. The number of carboxylic acid groups (broad SMARTS) is 1. The van der Waals surface area contributed by atoms with Crippen LogP contribution in [0.5, 0.6) is 11.6 Å². The van der Waals surface area contributed by atoms with E-state index in [9.17, 15) is 14.7 Å². The summed E-state index contributed by atoms with van der Waals surface area (Å²) in [5.74, 6) is -0.872. The Morgan fingerprint density at radius 1 is 0.974 bits per heavy atom. The van der Waals surface area contributed by atoms with Crippen molar-refractivity contribution in [2.45, 2.75) is 6.61 Å². The molecule has 0 aliphatic rings. The van der Waals surface area contributed by atoms with Crippen molar-refractivity contribution < 1.29 is 24.2 Å². The maximum atomic E-state index is 13.4. The minimum atomic E-state index is -1.17. The van der Waals surface area contributed by atoms with Gasteiger partial charge in [0.05, 0.1) is 23.7 Å². The molecule has 5 rings (SSSR count). The zero-order chi connectivity index (χ0) is 26.6. The number of carbonyl (C=O) groups is 2. The summed E-state index contributed by atoms with van der Waals surface area (Å²) >= 11 is 0. The molecule has 10 heteroatoms. The largest absolute Gasteiger partial charge is 0.489 e. The molecule has 0 fully saturated rings. The second-order valence-corrected chi connectivity index (χ2v) is 8.34. The van der Waals surface area contributed by atoms with E-state index in [1.54, 1.807) is 42.5 Å². The minimum Gasteiger partial charge on any atom is -0.489 e. The lowest BCUT2D eigenvalue weighted by atomic mass is 9.97. The van der Waals surface area contributed by atoms with E-state index >= 15 is 0 Å². The number of carboxylic acids is 1.